The molecule has 0 saturated heterocycles. The molecular weight excluding hydrogens is 434 g/mol. The number of fused-ring (bicyclic) bond motifs is 7. The van der Waals surface area contributed by atoms with Gasteiger partial charge in [0.15, 0.2) is 0 Å². The van der Waals surface area contributed by atoms with Crippen LogP contribution in [0, 0.1) is 56.7 Å². The summed E-state index contributed by atoms with van der Waals surface area (Å²) < 4.78 is 5.50. The number of nitrogens with zero attached hydrogens (tertiary/aromatic N) is 1. The van der Waals surface area contributed by atoms with Gasteiger partial charge in [0.2, 0.25) is 0 Å². The number of hydrogen-bond acceptors (Lipinski definition) is 4. The van der Waals surface area contributed by atoms with Gasteiger partial charge >= 0.3 is 5.97 Å². The van der Waals surface area contributed by atoms with Crippen molar-refractivity contribution in [2.75, 3.05) is 7.11 Å². The van der Waals surface area contributed by atoms with Crippen molar-refractivity contribution in [1.82, 2.24) is 0 Å². The molecule has 5 fully saturated rings. The highest BCUT2D eigenvalue weighted by Gasteiger charge is 2.72. The molecule has 0 heterocycles. The molecule has 35 heavy (non-hydrogen) atoms. The van der Waals surface area contributed by atoms with E-state index in [2.05, 4.69) is 53.3 Å². The summed E-state index contributed by atoms with van der Waals surface area (Å²) in [6, 6.07) is 0. The average Bonchev–Trinajstić information content (AvgIpc) is 3.20. The summed E-state index contributed by atoms with van der Waals surface area (Å²) in [6.07, 6.45) is 11.1. The largest absolute Gasteiger partial charge is 0.469 e. The second-order valence-electron chi connectivity index (χ2n) is 14.6. The van der Waals surface area contributed by atoms with Gasteiger partial charge in [-0.2, -0.15) is 0 Å². The highest BCUT2D eigenvalue weighted by atomic mass is 16.5. The predicted octanol–water partition coefficient (Wildman–Crippen LogP) is 7.65. The third-order valence-corrected chi connectivity index (χ3v) is 13.6. The molecular formula is C31H49NO3. The van der Waals surface area contributed by atoms with Crippen molar-refractivity contribution in [2.45, 2.75) is 106 Å². The smallest absolute Gasteiger partial charge is 0.312 e. The van der Waals surface area contributed by atoms with E-state index in [1.165, 1.54) is 31.3 Å². The Morgan fingerprint density at radius 1 is 0.943 bits per heavy atom. The third kappa shape index (κ3) is 2.98. The lowest BCUT2D eigenvalue weighted by Crippen LogP contribution is -2.66. The van der Waals surface area contributed by atoms with Gasteiger partial charge < -0.3 is 9.94 Å². The van der Waals surface area contributed by atoms with Crippen molar-refractivity contribution in [3.8, 4) is 0 Å². The molecule has 5 rings (SSSR count). The summed E-state index contributed by atoms with van der Waals surface area (Å²) in [5.74, 6) is 2.62. The normalized spacial score (nSPS) is 51.5. The topological polar surface area (TPSA) is 58.9 Å². The van der Waals surface area contributed by atoms with Crippen LogP contribution in [0.4, 0.5) is 0 Å². The Bertz CT molecular complexity index is 953. The van der Waals surface area contributed by atoms with E-state index >= 15 is 0 Å². The van der Waals surface area contributed by atoms with Gasteiger partial charge in [-0.3, -0.25) is 4.79 Å². The van der Waals surface area contributed by atoms with Gasteiger partial charge in [-0.1, -0.05) is 51.9 Å². The number of methoxy groups -OCH3 is 1. The highest BCUT2D eigenvalue weighted by molar-refractivity contribution is 5.90. The summed E-state index contributed by atoms with van der Waals surface area (Å²) in [5, 5.41) is 13.5. The molecule has 9 atom stereocenters. The lowest BCUT2D eigenvalue weighted by Gasteiger charge is -2.72. The van der Waals surface area contributed by atoms with E-state index in [4.69, 9.17) is 4.74 Å². The second-order valence-corrected chi connectivity index (χ2v) is 14.6. The van der Waals surface area contributed by atoms with E-state index in [1.54, 1.807) is 7.11 Å². The fourth-order valence-corrected chi connectivity index (χ4v) is 11.7. The zero-order valence-electron chi connectivity index (χ0n) is 23.4. The molecule has 4 nitrogen and oxygen atoms in total. The first-order valence-corrected chi connectivity index (χ1v) is 14.3. The fourth-order valence-electron chi connectivity index (χ4n) is 11.7. The van der Waals surface area contributed by atoms with Crippen LogP contribution in [0.2, 0.25) is 0 Å². The maximum Gasteiger partial charge on any atom is 0.312 e. The van der Waals surface area contributed by atoms with Gasteiger partial charge in [0, 0.05) is 5.41 Å². The van der Waals surface area contributed by atoms with Crippen molar-refractivity contribution in [3.63, 3.8) is 0 Å². The molecule has 0 aliphatic heterocycles. The fraction of sp³-hybridized carbons (Fsp3) is 0.871. The molecule has 0 aromatic rings. The average molecular weight is 484 g/mol. The van der Waals surface area contributed by atoms with Crippen LogP contribution in [0.3, 0.4) is 0 Å². The number of carbonyl (C=O) groups is 1. The van der Waals surface area contributed by atoms with E-state index in [-0.39, 0.29) is 33.0 Å². The van der Waals surface area contributed by atoms with Gasteiger partial charge in [0.05, 0.1) is 18.2 Å². The summed E-state index contributed by atoms with van der Waals surface area (Å²) >= 11 is 0. The van der Waals surface area contributed by atoms with E-state index < -0.39 is 0 Å². The summed E-state index contributed by atoms with van der Waals surface area (Å²) in [6.45, 7) is 19.1. The van der Waals surface area contributed by atoms with Crippen molar-refractivity contribution in [2.24, 2.45) is 61.8 Å². The van der Waals surface area contributed by atoms with Gasteiger partial charge in [-0.25, -0.2) is 0 Å². The van der Waals surface area contributed by atoms with E-state index in [0.717, 1.165) is 44.2 Å². The van der Waals surface area contributed by atoms with Crippen LogP contribution in [0.25, 0.3) is 0 Å². The first-order chi connectivity index (χ1) is 16.3. The molecule has 0 bridgehead atoms. The number of hydrogen-bond donors (Lipinski definition) is 1. The minimum Gasteiger partial charge on any atom is -0.469 e. The standard InChI is InChI=1S/C31H49NO3/c1-19(2)20-11-16-31(26(33)35-8)18-17-29(6)21(25(20)31)9-10-23-28(5)14-13-24(32-34)27(3,4)22(28)12-15-30(23,29)7/h20-23,25,34H,1,9-18H2,2-8H3/b32-24+/t20?,21?,22?,23?,25?,28-,29+,30+,31?/m0/s1. The number of ether oxygens (including phenoxy) is 1. The maximum absolute atomic E-state index is 13.4. The van der Waals surface area contributed by atoms with Gasteiger partial charge in [0.25, 0.3) is 0 Å². The number of carbonyl (C=O) groups excluding carboxylic acids is 1. The number of oxime groups is 1. The Balaban J connectivity index is 1.56. The van der Waals surface area contributed by atoms with E-state index in [0.29, 0.717) is 29.6 Å². The summed E-state index contributed by atoms with van der Waals surface area (Å²) in [7, 11) is 1.59. The zero-order chi connectivity index (χ0) is 25.6. The maximum atomic E-state index is 13.4. The Labute approximate surface area is 213 Å². The van der Waals surface area contributed by atoms with Gasteiger partial charge in [0.1, 0.15) is 0 Å². The molecule has 0 aromatic heterocycles. The lowest BCUT2D eigenvalue weighted by atomic mass is 9.32. The highest BCUT2D eigenvalue weighted by Crippen LogP contribution is 2.77. The summed E-state index contributed by atoms with van der Waals surface area (Å²) in [4.78, 5) is 13.4. The molecule has 5 aliphatic rings. The van der Waals surface area contributed by atoms with Crippen LogP contribution in [-0.2, 0) is 9.53 Å². The first-order valence-electron chi connectivity index (χ1n) is 14.3. The van der Waals surface area contributed by atoms with E-state index in [1.807, 2.05) is 0 Å². The lowest BCUT2D eigenvalue weighted by molar-refractivity contribution is -0.230. The molecule has 0 spiro atoms. The van der Waals surface area contributed by atoms with Crippen molar-refractivity contribution < 1.29 is 14.7 Å². The number of rotatable bonds is 2. The zero-order valence-corrected chi connectivity index (χ0v) is 23.4. The molecule has 4 heteroatoms. The van der Waals surface area contributed by atoms with Crippen molar-refractivity contribution in [1.29, 1.82) is 0 Å². The molecule has 5 aliphatic carbocycles. The minimum atomic E-state index is -0.313. The number of esters is 1. The predicted molar refractivity (Wildman–Crippen MR) is 140 cm³/mol. The van der Waals surface area contributed by atoms with Crippen LogP contribution in [0.1, 0.15) is 106 Å². The van der Waals surface area contributed by atoms with Crippen LogP contribution >= 0.6 is 0 Å². The van der Waals surface area contributed by atoms with Crippen LogP contribution in [0.5, 0.6) is 0 Å². The molecule has 5 saturated carbocycles. The Hall–Kier alpha value is -1.32. The van der Waals surface area contributed by atoms with Crippen LogP contribution in [0.15, 0.2) is 17.3 Å². The Morgan fingerprint density at radius 2 is 1.66 bits per heavy atom. The molecule has 0 amide bonds. The molecule has 196 valence electrons. The van der Waals surface area contributed by atoms with Crippen LogP contribution in [-0.4, -0.2) is 24.0 Å². The second kappa shape index (κ2) is 7.84. The quantitative estimate of drug-likeness (QED) is 0.190. The molecule has 0 radical (unpaired) electrons. The van der Waals surface area contributed by atoms with Crippen molar-refractivity contribution >= 4 is 11.7 Å². The first kappa shape index (κ1) is 25.3. The van der Waals surface area contributed by atoms with E-state index in [9.17, 15) is 10.0 Å². The molecule has 0 aromatic carbocycles. The van der Waals surface area contributed by atoms with Crippen LogP contribution < -0.4 is 0 Å². The Kier molecular flexibility index (Phi) is 5.67. The van der Waals surface area contributed by atoms with Crippen molar-refractivity contribution in [3.05, 3.63) is 12.2 Å². The van der Waals surface area contributed by atoms with Gasteiger partial charge in [-0.05, 0) is 117 Å². The Morgan fingerprint density at radius 3 is 2.29 bits per heavy atom. The molecule has 6 unspecified atom stereocenters. The van der Waals surface area contributed by atoms with Gasteiger partial charge in [-0.15, -0.1) is 0 Å². The monoisotopic (exact) mass is 483 g/mol. The molecule has 1 N–H and O–H groups in total. The SMILES string of the molecule is C=C(C)C1CCC2(C(=O)OC)CC[C@]3(C)C(CCC4[C@@]5(C)CC/C(=N\O)C(C)(C)C5CC[C@]43C)C12. The minimum absolute atomic E-state index is 0.0427. The number of allylic oxidation sites excluding steroid dienone is 1. The summed E-state index contributed by atoms with van der Waals surface area (Å²) in [5.41, 5.74) is 2.64. The third-order valence-electron chi connectivity index (χ3n) is 13.6.